The number of nitrogens with zero attached hydrogens (tertiary/aromatic N) is 2. The second kappa shape index (κ2) is 6.97. The lowest BCUT2D eigenvalue weighted by atomic mass is 10.1. The van der Waals surface area contributed by atoms with Gasteiger partial charge in [0.2, 0.25) is 0 Å². The van der Waals surface area contributed by atoms with Gasteiger partial charge in [-0.25, -0.2) is 9.66 Å². The van der Waals surface area contributed by atoms with E-state index in [-0.39, 0.29) is 11.8 Å². The number of fused-ring (bicyclic) bond motifs is 1. The number of aromatic nitrogens is 2. The molecule has 0 spiro atoms. The molecule has 1 fully saturated rings. The van der Waals surface area contributed by atoms with Gasteiger partial charge < -0.3 is 10.1 Å². The van der Waals surface area contributed by atoms with Crippen LogP contribution in [0.2, 0.25) is 0 Å². The van der Waals surface area contributed by atoms with Crippen molar-refractivity contribution in [3.8, 4) is 0 Å². The van der Waals surface area contributed by atoms with Crippen LogP contribution in [0.5, 0.6) is 0 Å². The Morgan fingerprint density at radius 1 is 1.15 bits per heavy atom. The van der Waals surface area contributed by atoms with Crippen molar-refractivity contribution in [3.63, 3.8) is 0 Å². The molecule has 2 N–H and O–H groups in total. The standard InChI is InChI=1S/C19H18N4O3/c24-18(22-23-12-20-15-7-1-2-8-16(15)23)13-5-3-6-14(11-13)21-19(25)17-9-4-10-26-17/h1-3,5-8,11-12,17H,4,9-10H2,(H,21,25)(H,22,24). The van der Waals surface area contributed by atoms with Crippen LogP contribution < -0.4 is 10.7 Å². The predicted molar refractivity (Wildman–Crippen MR) is 97.5 cm³/mol. The largest absolute Gasteiger partial charge is 0.368 e. The third-order valence-corrected chi connectivity index (χ3v) is 4.29. The first-order valence-electron chi connectivity index (χ1n) is 8.47. The quantitative estimate of drug-likeness (QED) is 0.757. The van der Waals surface area contributed by atoms with Crippen molar-refractivity contribution >= 4 is 28.5 Å². The monoisotopic (exact) mass is 350 g/mol. The first-order valence-corrected chi connectivity index (χ1v) is 8.47. The van der Waals surface area contributed by atoms with Crippen molar-refractivity contribution in [2.75, 3.05) is 17.3 Å². The molecule has 26 heavy (non-hydrogen) atoms. The molecule has 7 heteroatoms. The van der Waals surface area contributed by atoms with Crippen LogP contribution in [0.1, 0.15) is 23.2 Å². The maximum Gasteiger partial charge on any atom is 0.270 e. The molecule has 132 valence electrons. The molecular weight excluding hydrogens is 332 g/mol. The molecule has 4 rings (SSSR count). The second-order valence-corrected chi connectivity index (χ2v) is 6.12. The number of benzene rings is 2. The number of ether oxygens (including phenoxy) is 1. The van der Waals surface area contributed by atoms with E-state index in [0.717, 1.165) is 23.9 Å². The fraction of sp³-hybridized carbons (Fsp3) is 0.211. The number of carbonyl (C=O) groups excluding carboxylic acids is 2. The van der Waals surface area contributed by atoms with Gasteiger partial charge in [-0.2, -0.15) is 0 Å². The molecule has 2 amide bonds. The van der Waals surface area contributed by atoms with E-state index in [1.165, 1.54) is 0 Å². The van der Waals surface area contributed by atoms with Crippen LogP contribution in [-0.4, -0.2) is 34.2 Å². The zero-order valence-corrected chi connectivity index (χ0v) is 14.0. The Hall–Kier alpha value is -3.19. The van der Waals surface area contributed by atoms with E-state index in [1.807, 2.05) is 24.3 Å². The summed E-state index contributed by atoms with van der Waals surface area (Å²) in [6.07, 6.45) is 2.76. The molecule has 1 unspecified atom stereocenters. The van der Waals surface area contributed by atoms with Crippen LogP contribution in [0.4, 0.5) is 5.69 Å². The Labute approximate surface area is 149 Å². The van der Waals surface area contributed by atoms with Gasteiger partial charge in [0.15, 0.2) is 0 Å². The zero-order chi connectivity index (χ0) is 17.9. The summed E-state index contributed by atoms with van der Waals surface area (Å²) in [5, 5.41) is 2.80. The van der Waals surface area contributed by atoms with Crippen molar-refractivity contribution in [2.45, 2.75) is 18.9 Å². The Morgan fingerprint density at radius 2 is 2.04 bits per heavy atom. The minimum absolute atomic E-state index is 0.180. The molecule has 1 saturated heterocycles. The first kappa shape index (κ1) is 16.3. The Morgan fingerprint density at radius 3 is 2.88 bits per heavy atom. The smallest absolute Gasteiger partial charge is 0.270 e. The summed E-state index contributed by atoms with van der Waals surface area (Å²) in [6.45, 7) is 0.611. The highest BCUT2D eigenvalue weighted by Gasteiger charge is 2.23. The topological polar surface area (TPSA) is 85.3 Å². The number of rotatable bonds is 4. The van der Waals surface area contributed by atoms with Gasteiger partial charge in [-0.05, 0) is 43.2 Å². The molecule has 1 aliphatic heterocycles. The number of nitrogens with one attached hydrogen (secondary N) is 2. The lowest BCUT2D eigenvalue weighted by Gasteiger charge is -2.12. The summed E-state index contributed by atoms with van der Waals surface area (Å²) in [5.74, 6) is -0.470. The fourth-order valence-electron chi connectivity index (χ4n) is 2.97. The summed E-state index contributed by atoms with van der Waals surface area (Å²) in [4.78, 5) is 28.9. The highest BCUT2D eigenvalue weighted by molar-refractivity contribution is 6.02. The van der Waals surface area contributed by atoms with E-state index < -0.39 is 6.10 Å². The van der Waals surface area contributed by atoms with Crippen molar-refractivity contribution in [2.24, 2.45) is 0 Å². The molecule has 0 aliphatic carbocycles. The minimum atomic E-state index is -0.412. The second-order valence-electron chi connectivity index (χ2n) is 6.12. The van der Waals surface area contributed by atoms with Gasteiger partial charge in [0.25, 0.3) is 11.8 Å². The van der Waals surface area contributed by atoms with Crippen LogP contribution in [0.15, 0.2) is 54.9 Å². The van der Waals surface area contributed by atoms with E-state index in [0.29, 0.717) is 17.9 Å². The highest BCUT2D eigenvalue weighted by Crippen LogP contribution is 2.17. The molecule has 1 aromatic heterocycles. The number of hydrogen-bond donors (Lipinski definition) is 2. The van der Waals surface area contributed by atoms with E-state index >= 15 is 0 Å². The predicted octanol–water partition coefficient (Wildman–Crippen LogP) is 2.54. The maximum atomic E-state index is 12.6. The summed E-state index contributed by atoms with van der Waals surface area (Å²) < 4.78 is 6.95. The normalized spacial score (nSPS) is 16.5. The number of carbonyl (C=O) groups is 2. The average Bonchev–Trinajstić information content (AvgIpc) is 3.32. The number of anilines is 1. The Bertz CT molecular complexity index is 960. The lowest BCUT2D eigenvalue weighted by molar-refractivity contribution is -0.124. The van der Waals surface area contributed by atoms with E-state index in [9.17, 15) is 9.59 Å². The molecular formula is C19H18N4O3. The number of imidazole rings is 1. The highest BCUT2D eigenvalue weighted by atomic mass is 16.5. The molecule has 0 saturated carbocycles. The van der Waals surface area contributed by atoms with Crippen molar-refractivity contribution in [1.29, 1.82) is 0 Å². The van der Waals surface area contributed by atoms with Gasteiger partial charge in [0, 0.05) is 17.9 Å². The van der Waals surface area contributed by atoms with Crippen molar-refractivity contribution < 1.29 is 14.3 Å². The van der Waals surface area contributed by atoms with Crippen LogP contribution in [0.25, 0.3) is 11.0 Å². The van der Waals surface area contributed by atoms with Gasteiger partial charge in [-0.3, -0.25) is 15.0 Å². The number of amides is 2. The third kappa shape index (κ3) is 3.29. The molecule has 1 atom stereocenters. The molecule has 0 radical (unpaired) electrons. The van der Waals surface area contributed by atoms with Crippen LogP contribution in [0.3, 0.4) is 0 Å². The van der Waals surface area contributed by atoms with Crippen LogP contribution in [-0.2, 0) is 9.53 Å². The molecule has 2 heterocycles. The summed E-state index contributed by atoms with van der Waals surface area (Å²) in [6, 6.07) is 14.3. The number of hydrogen-bond acceptors (Lipinski definition) is 4. The summed E-state index contributed by atoms with van der Waals surface area (Å²) >= 11 is 0. The molecule has 1 aliphatic rings. The van der Waals surface area contributed by atoms with Crippen molar-refractivity contribution in [1.82, 2.24) is 9.66 Å². The Kier molecular flexibility index (Phi) is 4.37. The maximum absolute atomic E-state index is 12.6. The van der Waals surface area contributed by atoms with Crippen LogP contribution >= 0.6 is 0 Å². The van der Waals surface area contributed by atoms with Gasteiger partial charge in [0.05, 0.1) is 11.0 Å². The lowest BCUT2D eigenvalue weighted by Crippen LogP contribution is -2.27. The van der Waals surface area contributed by atoms with Crippen LogP contribution in [0, 0.1) is 0 Å². The van der Waals surface area contributed by atoms with Gasteiger partial charge >= 0.3 is 0 Å². The number of para-hydroxylation sites is 2. The first-order chi connectivity index (χ1) is 12.7. The van der Waals surface area contributed by atoms with Gasteiger partial charge in [-0.15, -0.1) is 0 Å². The average molecular weight is 350 g/mol. The zero-order valence-electron chi connectivity index (χ0n) is 14.0. The van der Waals surface area contributed by atoms with E-state index in [2.05, 4.69) is 15.7 Å². The SMILES string of the molecule is O=C(Nn1cnc2ccccc21)c1cccc(NC(=O)C2CCCO2)c1. The van der Waals surface area contributed by atoms with Crippen molar-refractivity contribution in [3.05, 3.63) is 60.4 Å². The molecule has 2 aromatic carbocycles. The van der Waals surface area contributed by atoms with E-state index in [4.69, 9.17) is 4.74 Å². The van der Waals surface area contributed by atoms with Gasteiger partial charge in [0.1, 0.15) is 12.4 Å². The third-order valence-electron chi connectivity index (χ3n) is 4.29. The summed E-state index contributed by atoms with van der Waals surface area (Å²) in [7, 11) is 0. The van der Waals surface area contributed by atoms with E-state index in [1.54, 1.807) is 35.3 Å². The fourth-order valence-corrected chi connectivity index (χ4v) is 2.97. The Balaban J connectivity index is 1.48. The minimum Gasteiger partial charge on any atom is -0.368 e. The molecule has 7 nitrogen and oxygen atoms in total. The molecule has 3 aromatic rings. The summed E-state index contributed by atoms with van der Waals surface area (Å²) in [5.41, 5.74) is 5.40. The van der Waals surface area contributed by atoms with Gasteiger partial charge in [-0.1, -0.05) is 18.2 Å². The molecule has 0 bridgehead atoms.